The monoisotopic (exact) mass is 307 g/mol. The van der Waals surface area contributed by atoms with Crippen LogP contribution in [0.3, 0.4) is 0 Å². The first kappa shape index (κ1) is 17.2. The van der Waals surface area contributed by atoms with Crippen LogP contribution in [0.4, 0.5) is 0 Å². The maximum absolute atomic E-state index is 6.31. The Balaban J connectivity index is 0.00000200. The van der Waals surface area contributed by atoms with Crippen LogP contribution in [0.5, 0.6) is 0 Å². The lowest BCUT2D eigenvalue weighted by Gasteiger charge is -2.24. The summed E-state index contributed by atoms with van der Waals surface area (Å²) in [6, 6.07) is 21.8. The molecule has 0 radical (unpaired) electrons. The van der Waals surface area contributed by atoms with Crippen molar-refractivity contribution in [1.29, 1.82) is 0 Å². The third kappa shape index (κ3) is 4.59. The van der Waals surface area contributed by atoms with Crippen molar-refractivity contribution in [3.8, 4) is 0 Å². The number of benzene rings is 2. The number of nitrogens with two attached hydrogens (primary N) is 1. The highest BCUT2D eigenvalue weighted by Crippen LogP contribution is 2.34. The molecule has 0 saturated carbocycles. The molecule has 2 aromatic carbocycles. The minimum absolute atomic E-state index is 0. The molecule has 0 saturated heterocycles. The Morgan fingerprint density at radius 1 is 0.850 bits per heavy atom. The Morgan fingerprint density at radius 3 is 1.60 bits per heavy atom. The Labute approximate surface area is 129 Å². The molecule has 1 unspecified atom stereocenters. The molecule has 0 aliphatic rings. The van der Waals surface area contributed by atoms with Gasteiger partial charge in [-0.25, -0.2) is 0 Å². The normalized spacial score (nSPS) is 12.2. The van der Waals surface area contributed by atoms with Gasteiger partial charge in [-0.1, -0.05) is 74.5 Å². The summed E-state index contributed by atoms with van der Waals surface area (Å²) in [6.45, 7) is 4.41. The lowest BCUT2D eigenvalue weighted by Crippen LogP contribution is -2.32. The lowest BCUT2D eigenvalue weighted by molar-refractivity contribution is 0.534. The molecular formula is C17H23ClNP. The van der Waals surface area contributed by atoms with Gasteiger partial charge >= 0.3 is 0 Å². The molecule has 20 heavy (non-hydrogen) atoms. The van der Waals surface area contributed by atoms with E-state index >= 15 is 0 Å². The first-order chi connectivity index (χ1) is 9.18. The number of hydrogen-bond donors (Lipinski definition) is 1. The van der Waals surface area contributed by atoms with E-state index in [0.717, 1.165) is 6.16 Å². The smallest absolute Gasteiger partial charge is 0.0107 e. The molecule has 2 rings (SSSR count). The molecule has 1 nitrogen and oxygen atoms in total. The first-order valence-electron chi connectivity index (χ1n) is 6.81. The fraction of sp³-hybridized carbons (Fsp3) is 0.294. The minimum Gasteiger partial charge on any atom is -0.327 e. The van der Waals surface area contributed by atoms with Gasteiger partial charge < -0.3 is 5.73 Å². The Kier molecular flexibility index (Phi) is 7.23. The summed E-state index contributed by atoms with van der Waals surface area (Å²) >= 11 is 0. The van der Waals surface area contributed by atoms with Crippen LogP contribution in [0.2, 0.25) is 0 Å². The van der Waals surface area contributed by atoms with Crippen LogP contribution >= 0.6 is 20.3 Å². The predicted molar refractivity (Wildman–Crippen MR) is 94.0 cm³/mol. The third-order valence-corrected chi connectivity index (χ3v) is 6.02. The van der Waals surface area contributed by atoms with E-state index < -0.39 is 0 Å². The van der Waals surface area contributed by atoms with Crippen molar-refractivity contribution in [1.82, 2.24) is 0 Å². The van der Waals surface area contributed by atoms with Crippen LogP contribution in [0.25, 0.3) is 0 Å². The summed E-state index contributed by atoms with van der Waals surface area (Å²) in [4.78, 5) is 0. The topological polar surface area (TPSA) is 26.0 Å². The Bertz CT molecular complexity index is 447. The van der Waals surface area contributed by atoms with E-state index in [1.54, 1.807) is 0 Å². The van der Waals surface area contributed by atoms with Gasteiger partial charge in [-0.2, -0.15) is 0 Å². The molecule has 1 atom stereocenters. The summed E-state index contributed by atoms with van der Waals surface area (Å²) in [5.74, 6) is 0.525. The molecule has 2 aromatic rings. The van der Waals surface area contributed by atoms with Gasteiger partial charge in [-0.15, -0.1) is 12.4 Å². The molecule has 0 heterocycles. The summed E-state index contributed by atoms with van der Waals surface area (Å²) < 4.78 is 0. The molecule has 0 aliphatic carbocycles. The average Bonchev–Trinajstić information content (AvgIpc) is 2.46. The van der Waals surface area contributed by atoms with Crippen molar-refractivity contribution in [3.05, 3.63) is 60.7 Å². The summed E-state index contributed by atoms with van der Waals surface area (Å²) in [5, 5.41) is 2.83. The van der Waals surface area contributed by atoms with E-state index in [4.69, 9.17) is 5.73 Å². The standard InChI is InChI=1S/C17H22NP.ClH/c1-14(2)17(18)13-19(15-9-5-3-6-10-15)16-11-7-4-8-12-16;/h3-12,14,17H,13,18H2,1-2H3;1H. The Morgan fingerprint density at radius 2 is 1.25 bits per heavy atom. The zero-order valence-electron chi connectivity index (χ0n) is 12.1. The molecular weight excluding hydrogens is 285 g/mol. The molecule has 0 amide bonds. The molecule has 108 valence electrons. The van der Waals surface area contributed by atoms with Crippen LogP contribution in [0, 0.1) is 5.92 Å². The average molecular weight is 308 g/mol. The van der Waals surface area contributed by atoms with E-state index in [-0.39, 0.29) is 26.4 Å². The maximum atomic E-state index is 6.31. The van der Waals surface area contributed by atoms with Gasteiger partial charge in [0.15, 0.2) is 0 Å². The highest BCUT2D eigenvalue weighted by molar-refractivity contribution is 7.73. The van der Waals surface area contributed by atoms with Gasteiger partial charge in [0.05, 0.1) is 0 Å². The van der Waals surface area contributed by atoms with Crippen LogP contribution in [0.15, 0.2) is 60.7 Å². The predicted octanol–water partition coefficient (Wildman–Crippen LogP) is 3.52. The van der Waals surface area contributed by atoms with E-state index in [9.17, 15) is 0 Å². The van der Waals surface area contributed by atoms with Gasteiger partial charge in [-0.05, 0) is 30.6 Å². The number of halogens is 1. The summed E-state index contributed by atoms with van der Waals surface area (Å²) in [7, 11) is -0.348. The zero-order valence-corrected chi connectivity index (χ0v) is 13.8. The summed E-state index contributed by atoms with van der Waals surface area (Å²) in [5.41, 5.74) is 6.31. The second-order valence-electron chi connectivity index (χ2n) is 5.19. The van der Waals surface area contributed by atoms with E-state index in [1.807, 2.05) is 0 Å². The quantitative estimate of drug-likeness (QED) is 0.840. The van der Waals surface area contributed by atoms with Gasteiger partial charge in [0, 0.05) is 6.04 Å². The van der Waals surface area contributed by atoms with Gasteiger partial charge in [0.25, 0.3) is 0 Å². The lowest BCUT2D eigenvalue weighted by atomic mass is 10.1. The first-order valence-corrected chi connectivity index (χ1v) is 8.34. The van der Waals surface area contributed by atoms with Crippen molar-refractivity contribution in [2.45, 2.75) is 19.9 Å². The van der Waals surface area contributed by atoms with Crippen molar-refractivity contribution in [3.63, 3.8) is 0 Å². The number of rotatable bonds is 5. The number of hydrogen-bond acceptors (Lipinski definition) is 1. The van der Waals surface area contributed by atoms with Crippen LogP contribution in [-0.4, -0.2) is 12.2 Å². The fourth-order valence-corrected chi connectivity index (χ4v) is 4.62. The highest BCUT2D eigenvalue weighted by atomic mass is 35.5. The molecule has 0 aliphatic heterocycles. The molecule has 0 spiro atoms. The molecule has 0 bridgehead atoms. The molecule has 0 fully saturated rings. The van der Waals surface area contributed by atoms with Crippen molar-refractivity contribution in [2.75, 3.05) is 6.16 Å². The van der Waals surface area contributed by atoms with Crippen molar-refractivity contribution >= 4 is 30.9 Å². The van der Waals surface area contributed by atoms with Crippen LogP contribution in [0.1, 0.15) is 13.8 Å². The maximum Gasteiger partial charge on any atom is 0.0107 e. The van der Waals surface area contributed by atoms with Gasteiger partial charge in [0.1, 0.15) is 0 Å². The van der Waals surface area contributed by atoms with E-state index in [0.29, 0.717) is 5.92 Å². The van der Waals surface area contributed by atoms with Crippen molar-refractivity contribution in [2.24, 2.45) is 11.7 Å². The largest absolute Gasteiger partial charge is 0.327 e. The molecule has 2 N–H and O–H groups in total. The highest BCUT2D eigenvalue weighted by Gasteiger charge is 2.18. The van der Waals surface area contributed by atoms with Crippen molar-refractivity contribution < 1.29 is 0 Å². The third-order valence-electron chi connectivity index (χ3n) is 3.39. The van der Waals surface area contributed by atoms with Crippen LogP contribution in [-0.2, 0) is 0 Å². The van der Waals surface area contributed by atoms with E-state index in [2.05, 4.69) is 74.5 Å². The van der Waals surface area contributed by atoms with Gasteiger partial charge in [-0.3, -0.25) is 0 Å². The van der Waals surface area contributed by atoms with E-state index in [1.165, 1.54) is 10.6 Å². The SMILES string of the molecule is CC(C)C(N)CP(c1ccccc1)c1ccccc1.Cl. The van der Waals surface area contributed by atoms with Crippen LogP contribution < -0.4 is 16.3 Å². The summed E-state index contributed by atoms with van der Waals surface area (Å²) in [6.07, 6.45) is 1.06. The molecule has 0 aromatic heterocycles. The molecule has 3 heteroatoms. The van der Waals surface area contributed by atoms with Gasteiger partial charge in [0.2, 0.25) is 0 Å². The second kappa shape index (κ2) is 8.42. The fourth-order valence-electron chi connectivity index (χ4n) is 2.00. The second-order valence-corrected chi connectivity index (χ2v) is 7.44. The zero-order chi connectivity index (χ0) is 13.7. The minimum atomic E-state index is -0.348. The Hall–Kier alpha value is -0.880.